The monoisotopic (exact) mass is 345 g/mol. The first-order chi connectivity index (χ1) is 12.1. The van der Waals surface area contributed by atoms with Gasteiger partial charge in [0, 0.05) is 36.2 Å². The minimum atomic E-state index is -0.0888. The molecule has 1 heterocycles. The molecule has 1 aliphatic heterocycles. The van der Waals surface area contributed by atoms with Crippen molar-refractivity contribution in [2.24, 2.45) is 11.3 Å². The highest BCUT2D eigenvalue weighted by atomic mass is 16.5. The molecule has 0 radical (unpaired) electrons. The Morgan fingerprint density at radius 3 is 2.48 bits per heavy atom. The number of hydrogen-bond acceptors (Lipinski definition) is 4. The molecule has 1 saturated heterocycles. The SMILES string of the molecule is COCC1(CNC(=O)c2ccc(NC(=O)C3CC3)cc2)CCNCC1. The van der Waals surface area contributed by atoms with E-state index in [2.05, 4.69) is 16.0 Å². The molecule has 6 nitrogen and oxygen atoms in total. The van der Waals surface area contributed by atoms with Gasteiger partial charge >= 0.3 is 0 Å². The summed E-state index contributed by atoms with van der Waals surface area (Å²) in [7, 11) is 1.71. The van der Waals surface area contributed by atoms with Crippen LogP contribution in [0.4, 0.5) is 5.69 Å². The summed E-state index contributed by atoms with van der Waals surface area (Å²) in [5.41, 5.74) is 1.35. The Kier molecular flexibility index (Phi) is 5.71. The molecule has 1 saturated carbocycles. The van der Waals surface area contributed by atoms with Crippen molar-refractivity contribution in [3.8, 4) is 0 Å². The second kappa shape index (κ2) is 7.97. The number of rotatable bonds is 7. The van der Waals surface area contributed by atoms with Crippen LogP contribution in [0.2, 0.25) is 0 Å². The predicted molar refractivity (Wildman–Crippen MR) is 96.5 cm³/mol. The fourth-order valence-corrected chi connectivity index (χ4v) is 3.30. The van der Waals surface area contributed by atoms with E-state index >= 15 is 0 Å². The molecule has 0 atom stereocenters. The third-order valence-electron chi connectivity index (χ3n) is 5.10. The predicted octanol–water partition coefficient (Wildman–Crippen LogP) is 1.78. The first-order valence-electron chi connectivity index (χ1n) is 9.01. The number of piperidine rings is 1. The van der Waals surface area contributed by atoms with Crippen LogP contribution in [0.5, 0.6) is 0 Å². The molecule has 3 rings (SSSR count). The molecule has 0 unspecified atom stereocenters. The second-order valence-electron chi connectivity index (χ2n) is 7.21. The lowest BCUT2D eigenvalue weighted by molar-refractivity contribution is -0.117. The molecule has 0 bridgehead atoms. The van der Waals surface area contributed by atoms with E-state index in [0.717, 1.165) is 44.5 Å². The van der Waals surface area contributed by atoms with Crippen LogP contribution in [0.15, 0.2) is 24.3 Å². The first-order valence-corrected chi connectivity index (χ1v) is 9.01. The van der Waals surface area contributed by atoms with Crippen molar-refractivity contribution < 1.29 is 14.3 Å². The van der Waals surface area contributed by atoms with Gasteiger partial charge in [0.2, 0.25) is 5.91 Å². The van der Waals surface area contributed by atoms with Gasteiger partial charge < -0.3 is 20.7 Å². The Labute approximate surface area is 148 Å². The van der Waals surface area contributed by atoms with Crippen molar-refractivity contribution in [2.75, 3.05) is 38.7 Å². The van der Waals surface area contributed by atoms with E-state index in [1.165, 1.54) is 0 Å². The number of methoxy groups -OCH3 is 1. The summed E-state index contributed by atoms with van der Waals surface area (Å²) in [5.74, 6) is 0.156. The molecular weight excluding hydrogens is 318 g/mol. The van der Waals surface area contributed by atoms with Gasteiger partial charge in [-0.15, -0.1) is 0 Å². The molecule has 136 valence electrons. The van der Waals surface area contributed by atoms with Gasteiger partial charge in [-0.25, -0.2) is 0 Å². The van der Waals surface area contributed by atoms with Gasteiger partial charge in [-0.2, -0.15) is 0 Å². The van der Waals surface area contributed by atoms with Crippen molar-refractivity contribution in [3.63, 3.8) is 0 Å². The van der Waals surface area contributed by atoms with E-state index in [-0.39, 0.29) is 23.1 Å². The maximum atomic E-state index is 12.4. The molecule has 0 spiro atoms. The van der Waals surface area contributed by atoms with Crippen LogP contribution in [0, 0.1) is 11.3 Å². The number of amides is 2. The quantitative estimate of drug-likeness (QED) is 0.704. The van der Waals surface area contributed by atoms with E-state index in [9.17, 15) is 9.59 Å². The van der Waals surface area contributed by atoms with Crippen LogP contribution < -0.4 is 16.0 Å². The smallest absolute Gasteiger partial charge is 0.251 e. The summed E-state index contributed by atoms with van der Waals surface area (Å²) >= 11 is 0. The summed E-state index contributed by atoms with van der Waals surface area (Å²) in [5, 5.41) is 9.28. The third-order valence-corrected chi connectivity index (χ3v) is 5.10. The molecule has 0 aromatic heterocycles. The third kappa shape index (κ3) is 4.80. The summed E-state index contributed by atoms with van der Waals surface area (Å²) in [6.07, 6.45) is 3.94. The number of benzene rings is 1. The van der Waals surface area contributed by atoms with Crippen molar-refractivity contribution in [3.05, 3.63) is 29.8 Å². The molecule has 1 aromatic rings. The standard InChI is InChI=1S/C19H27N3O3/c1-25-13-19(8-10-20-11-9-19)12-21-17(23)14-4-6-16(7-5-14)22-18(24)15-2-3-15/h4-7,15,20H,2-3,8-13H2,1H3,(H,21,23)(H,22,24). The molecular formula is C19H27N3O3. The Morgan fingerprint density at radius 1 is 1.20 bits per heavy atom. The Balaban J connectivity index is 1.54. The van der Waals surface area contributed by atoms with Crippen LogP contribution in [0.3, 0.4) is 0 Å². The van der Waals surface area contributed by atoms with Gasteiger partial charge in [0.25, 0.3) is 5.91 Å². The normalized spacial score (nSPS) is 19.2. The Hall–Kier alpha value is -1.92. The van der Waals surface area contributed by atoms with E-state index in [1.807, 2.05) is 0 Å². The van der Waals surface area contributed by atoms with Gasteiger partial charge in [0.15, 0.2) is 0 Å². The van der Waals surface area contributed by atoms with Gasteiger partial charge in [0.05, 0.1) is 6.61 Å². The summed E-state index contributed by atoms with van der Waals surface area (Å²) in [4.78, 5) is 24.2. The summed E-state index contributed by atoms with van der Waals surface area (Å²) in [6.45, 7) is 3.17. The van der Waals surface area contributed by atoms with Gasteiger partial charge in [0.1, 0.15) is 0 Å². The summed E-state index contributed by atoms with van der Waals surface area (Å²) < 4.78 is 5.38. The van der Waals surface area contributed by atoms with E-state index < -0.39 is 0 Å². The second-order valence-corrected chi connectivity index (χ2v) is 7.21. The maximum Gasteiger partial charge on any atom is 0.251 e. The molecule has 25 heavy (non-hydrogen) atoms. The average molecular weight is 345 g/mol. The molecule has 2 aliphatic rings. The zero-order valence-corrected chi connectivity index (χ0v) is 14.8. The van der Waals surface area contributed by atoms with Crippen molar-refractivity contribution >= 4 is 17.5 Å². The Bertz CT molecular complexity index is 599. The number of hydrogen-bond donors (Lipinski definition) is 3. The highest BCUT2D eigenvalue weighted by Crippen LogP contribution is 2.30. The van der Waals surface area contributed by atoms with Gasteiger partial charge in [-0.1, -0.05) is 0 Å². The highest BCUT2D eigenvalue weighted by Gasteiger charge is 2.32. The molecule has 2 fully saturated rings. The zero-order chi connectivity index (χ0) is 17.7. The number of carbonyl (C=O) groups excluding carboxylic acids is 2. The summed E-state index contributed by atoms with van der Waals surface area (Å²) in [6, 6.07) is 7.07. The fraction of sp³-hybridized carbons (Fsp3) is 0.579. The minimum Gasteiger partial charge on any atom is -0.384 e. The first kappa shape index (κ1) is 17.9. The number of carbonyl (C=O) groups is 2. The number of anilines is 1. The lowest BCUT2D eigenvalue weighted by Gasteiger charge is -2.37. The minimum absolute atomic E-state index is 0.00778. The largest absolute Gasteiger partial charge is 0.384 e. The van der Waals surface area contributed by atoms with Crippen molar-refractivity contribution in [1.82, 2.24) is 10.6 Å². The van der Waals surface area contributed by atoms with Crippen molar-refractivity contribution in [1.29, 1.82) is 0 Å². The molecule has 1 aromatic carbocycles. The van der Waals surface area contributed by atoms with E-state index in [1.54, 1.807) is 31.4 Å². The van der Waals surface area contributed by atoms with Crippen molar-refractivity contribution in [2.45, 2.75) is 25.7 Å². The van der Waals surface area contributed by atoms with Crippen LogP contribution in [0.25, 0.3) is 0 Å². The number of ether oxygens (including phenoxy) is 1. The zero-order valence-electron chi connectivity index (χ0n) is 14.8. The van der Waals surface area contributed by atoms with Gasteiger partial charge in [-0.3, -0.25) is 9.59 Å². The molecule has 6 heteroatoms. The van der Waals surface area contributed by atoms with Gasteiger partial charge in [-0.05, 0) is 63.0 Å². The van der Waals surface area contributed by atoms with E-state index in [0.29, 0.717) is 18.7 Å². The number of nitrogens with one attached hydrogen (secondary N) is 3. The van der Waals surface area contributed by atoms with Crippen LogP contribution in [-0.2, 0) is 9.53 Å². The van der Waals surface area contributed by atoms with E-state index in [4.69, 9.17) is 4.74 Å². The molecule has 2 amide bonds. The lowest BCUT2D eigenvalue weighted by Crippen LogP contribution is -2.47. The molecule has 3 N–H and O–H groups in total. The van der Waals surface area contributed by atoms with Crippen LogP contribution in [-0.4, -0.2) is 45.2 Å². The van der Waals surface area contributed by atoms with Crippen LogP contribution in [0.1, 0.15) is 36.0 Å². The highest BCUT2D eigenvalue weighted by molar-refractivity contribution is 5.96. The molecule has 1 aliphatic carbocycles. The average Bonchev–Trinajstić information content (AvgIpc) is 3.47. The lowest BCUT2D eigenvalue weighted by atomic mass is 9.79. The maximum absolute atomic E-state index is 12.4. The fourth-order valence-electron chi connectivity index (χ4n) is 3.30. The van der Waals surface area contributed by atoms with Crippen LogP contribution >= 0.6 is 0 Å². The topological polar surface area (TPSA) is 79.5 Å². The Morgan fingerprint density at radius 2 is 1.88 bits per heavy atom.